The van der Waals surface area contributed by atoms with E-state index in [1.54, 1.807) is 6.07 Å². The van der Waals surface area contributed by atoms with Crippen LogP contribution in [0.25, 0.3) is 0 Å². The van der Waals surface area contributed by atoms with Crippen LogP contribution in [0.5, 0.6) is 11.5 Å². The second-order valence-electron chi connectivity index (χ2n) is 3.54. The second-order valence-corrected chi connectivity index (χ2v) is 3.54. The summed E-state index contributed by atoms with van der Waals surface area (Å²) in [6, 6.07) is 1.62. The van der Waals surface area contributed by atoms with Crippen LogP contribution in [0.2, 0.25) is 0 Å². The van der Waals surface area contributed by atoms with Crippen molar-refractivity contribution in [1.82, 2.24) is 10.3 Å². The lowest BCUT2D eigenvalue weighted by molar-refractivity contribution is -0.133. The van der Waals surface area contributed by atoms with E-state index in [2.05, 4.69) is 10.3 Å². The molecule has 0 amide bonds. The molecule has 4 nitrogen and oxygen atoms in total. The quantitative estimate of drug-likeness (QED) is 0.799. The van der Waals surface area contributed by atoms with Gasteiger partial charge in [-0.2, -0.15) is 13.2 Å². The molecule has 0 aliphatic carbocycles. The molecule has 0 saturated heterocycles. The van der Waals surface area contributed by atoms with E-state index < -0.39 is 12.6 Å². The van der Waals surface area contributed by atoms with E-state index in [4.69, 9.17) is 9.47 Å². The molecule has 0 aromatic carbocycles. The van der Waals surface area contributed by atoms with E-state index in [1.165, 1.54) is 20.4 Å². The summed E-state index contributed by atoms with van der Waals surface area (Å²) in [5.41, 5.74) is 0.513. The molecular weight excluding hydrogens is 249 g/mol. The van der Waals surface area contributed by atoms with Crippen LogP contribution >= 0.6 is 0 Å². The van der Waals surface area contributed by atoms with Gasteiger partial charge >= 0.3 is 6.18 Å². The standard InChI is InChI=1S/C11H15F3N2O2/c1-17-9-3-5-16-8(10(9)18-2)7-15-6-4-11(12,13)14/h3,5,15H,4,6-7H2,1-2H3. The predicted octanol–water partition coefficient (Wildman–Crippen LogP) is 2.14. The predicted molar refractivity (Wildman–Crippen MR) is 59.7 cm³/mol. The molecule has 0 fully saturated rings. The van der Waals surface area contributed by atoms with Gasteiger partial charge in [-0.05, 0) is 0 Å². The molecule has 1 aromatic rings. The van der Waals surface area contributed by atoms with Gasteiger partial charge in [-0.1, -0.05) is 0 Å². The number of aromatic nitrogens is 1. The first-order valence-electron chi connectivity index (χ1n) is 5.31. The van der Waals surface area contributed by atoms with Crippen molar-refractivity contribution in [2.24, 2.45) is 0 Å². The molecule has 0 unspecified atom stereocenters. The summed E-state index contributed by atoms with van der Waals surface area (Å²) >= 11 is 0. The molecular formula is C11H15F3N2O2. The molecule has 7 heteroatoms. The van der Waals surface area contributed by atoms with E-state index in [-0.39, 0.29) is 13.1 Å². The van der Waals surface area contributed by atoms with Gasteiger partial charge in [0.25, 0.3) is 0 Å². The molecule has 1 aromatic heterocycles. The topological polar surface area (TPSA) is 43.4 Å². The molecule has 0 atom stereocenters. The van der Waals surface area contributed by atoms with Crippen molar-refractivity contribution in [3.8, 4) is 11.5 Å². The number of alkyl halides is 3. The third-order valence-corrected chi connectivity index (χ3v) is 2.24. The van der Waals surface area contributed by atoms with E-state index in [9.17, 15) is 13.2 Å². The smallest absolute Gasteiger partial charge is 0.390 e. The SMILES string of the molecule is COc1ccnc(CNCCC(F)(F)F)c1OC. The maximum Gasteiger partial charge on any atom is 0.390 e. The Morgan fingerprint density at radius 3 is 2.56 bits per heavy atom. The van der Waals surface area contributed by atoms with Crippen LogP contribution in [0.15, 0.2) is 12.3 Å². The minimum absolute atomic E-state index is 0.161. The zero-order valence-corrected chi connectivity index (χ0v) is 10.2. The Bertz CT molecular complexity index is 383. The van der Waals surface area contributed by atoms with Crippen molar-refractivity contribution in [2.45, 2.75) is 19.1 Å². The molecule has 0 saturated carbocycles. The van der Waals surface area contributed by atoms with Crippen LogP contribution in [0, 0.1) is 0 Å². The summed E-state index contributed by atoms with van der Waals surface area (Å²) < 4.78 is 46.0. The lowest BCUT2D eigenvalue weighted by Gasteiger charge is -2.12. The van der Waals surface area contributed by atoms with Crippen LogP contribution in [-0.4, -0.2) is 31.9 Å². The Labute approximate surface area is 103 Å². The van der Waals surface area contributed by atoms with Crippen LogP contribution in [-0.2, 0) is 6.54 Å². The Morgan fingerprint density at radius 2 is 2.00 bits per heavy atom. The molecule has 1 rings (SSSR count). The number of rotatable bonds is 6. The van der Waals surface area contributed by atoms with E-state index in [1.807, 2.05) is 0 Å². The number of nitrogens with one attached hydrogen (secondary N) is 1. The normalized spacial score (nSPS) is 11.4. The summed E-state index contributed by atoms with van der Waals surface area (Å²) in [6.07, 6.45) is -3.51. The van der Waals surface area contributed by atoms with Crippen molar-refractivity contribution in [3.05, 3.63) is 18.0 Å². The number of hydrogen-bond acceptors (Lipinski definition) is 4. The maximum atomic E-state index is 11.9. The number of methoxy groups -OCH3 is 2. The molecule has 0 bridgehead atoms. The summed E-state index contributed by atoms with van der Waals surface area (Å²) in [4.78, 5) is 4.04. The molecule has 1 N–H and O–H groups in total. The maximum absolute atomic E-state index is 11.9. The molecule has 0 radical (unpaired) electrons. The van der Waals surface area contributed by atoms with Crippen molar-refractivity contribution >= 4 is 0 Å². The average molecular weight is 264 g/mol. The first kappa shape index (κ1) is 14.6. The largest absolute Gasteiger partial charge is 0.493 e. The highest BCUT2D eigenvalue weighted by atomic mass is 19.4. The zero-order valence-electron chi connectivity index (χ0n) is 10.2. The fraction of sp³-hybridized carbons (Fsp3) is 0.545. The molecule has 0 aliphatic rings. The van der Waals surface area contributed by atoms with E-state index >= 15 is 0 Å². The van der Waals surface area contributed by atoms with Gasteiger partial charge in [-0.25, -0.2) is 0 Å². The minimum atomic E-state index is -4.15. The number of hydrogen-bond donors (Lipinski definition) is 1. The highest BCUT2D eigenvalue weighted by Crippen LogP contribution is 2.28. The minimum Gasteiger partial charge on any atom is -0.493 e. The van der Waals surface area contributed by atoms with Gasteiger partial charge in [0.1, 0.15) is 0 Å². The Kier molecular flexibility index (Phi) is 5.21. The van der Waals surface area contributed by atoms with Crippen LogP contribution in [0.4, 0.5) is 13.2 Å². The second kappa shape index (κ2) is 6.44. The number of ether oxygens (including phenoxy) is 2. The van der Waals surface area contributed by atoms with Crippen LogP contribution in [0.1, 0.15) is 12.1 Å². The van der Waals surface area contributed by atoms with Crippen molar-refractivity contribution in [3.63, 3.8) is 0 Å². The molecule has 0 spiro atoms. The lowest BCUT2D eigenvalue weighted by atomic mass is 10.3. The fourth-order valence-electron chi connectivity index (χ4n) is 1.41. The van der Waals surface area contributed by atoms with Gasteiger partial charge in [0.2, 0.25) is 0 Å². The van der Waals surface area contributed by atoms with Gasteiger partial charge in [-0.3, -0.25) is 4.98 Å². The Morgan fingerprint density at radius 1 is 1.28 bits per heavy atom. The highest BCUT2D eigenvalue weighted by Gasteiger charge is 2.26. The summed E-state index contributed by atoms with van der Waals surface area (Å²) in [5, 5.41) is 2.67. The third-order valence-electron chi connectivity index (χ3n) is 2.24. The third kappa shape index (κ3) is 4.40. The van der Waals surface area contributed by atoms with Gasteiger partial charge < -0.3 is 14.8 Å². The number of pyridine rings is 1. The molecule has 1 heterocycles. The number of halogens is 3. The van der Waals surface area contributed by atoms with Gasteiger partial charge in [0.15, 0.2) is 11.5 Å². The highest BCUT2D eigenvalue weighted by molar-refractivity contribution is 5.42. The Balaban J connectivity index is 2.57. The first-order chi connectivity index (χ1) is 8.48. The summed E-state index contributed by atoms with van der Waals surface area (Å²) in [5.74, 6) is 0.930. The van der Waals surface area contributed by atoms with E-state index in [0.29, 0.717) is 17.2 Å². The zero-order chi connectivity index (χ0) is 13.6. The van der Waals surface area contributed by atoms with Gasteiger partial charge in [0.05, 0.1) is 26.3 Å². The molecule has 102 valence electrons. The average Bonchev–Trinajstić information content (AvgIpc) is 2.32. The van der Waals surface area contributed by atoms with Gasteiger partial charge in [0, 0.05) is 25.4 Å². The van der Waals surface area contributed by atoms with Crippen molar-refractivity contribution in [1.29, 1.82) is 0 Å². The molecule has 18 heavy (non-hydrogen) atoms. The number of nitrogens with zero attached hydrogens (tertiary/aromatic N) is 1. The monoisotopic (exact) mass is 264 g/mol. The van der Waals surface area contributed by atoms with Crippen LogP contribution in [0.3, 0.4) is 0 Å². The molecule has 0 aliphatic heterocycles. The summed E-state index contributed by atoms with van der Waals surface area (Å²) in [7, 11) is 2.94. The van der Waals surface area contributed by atoms with Gasteiger partial charge in [-0.15, -0.1) is 0 Å². The van der Waals surface area contributed by atoms with Crippen molar-refractivity contribution in [2.75, 3.05) is 20.8 Å². The van der Waals surface area contributed by atoms with Crippen LogP contribution < -0.4 is 14.8 Å². The lowest BCUT2D eigenvalue weighted by Crippen LogP contribution is -2.22. The summed E-state index contributed by atoms with van der Waals surface area (Å²) in [6.45, 7) is 0.0298. The van der Waals surface area contributed by atoms with E-state index in [0.717, 1.165) is 0 Å². The fourth-order valence-corrected chi connectivity index (χ4v) is 1.41. The van der Waals surface area contributed by atoms with Crippen molar-refractivity contribution < 1.29 is 22.6 Å². The first-order valence-corrected chi connectivity index (χ1v) is 5.31. The Hall–Kier alpha value is -1.50.